The topological polar surface area (TPSA) is 24.9 Å². The van der Waals surface area contributed by atoms with Crippen molar-refractivity contribution in [3.8, 4) is 0 Å². The van der Waals surface area contributed by atoms with Crippen LogP contribution in [0.2, 0.25) is 0 Å². The SMILES string of the molecule is Cc1ccc2c(n1)NC1CC21. The van der Waals surface area contributed by atoms with E-state index in [2.05, 4.69) is 22.4 Å². The van der Waals surface area contributed by atoms with Crippen LogP contribution in [0.1, 0.15) is 23.6 Å². The van der Waals surface area contributed by atoms with Crippen molar-refractivity contribution in [2.75, 3.05) is 5.32 Å². The van der Waals surface area contributed by atoms with E-state index in [1.165, 1.54) is 12.0 Å². The molecule has 1 saturated carbocycles. The van der Waals surface area contributed by atoms with Crippen LogP contribution in [0, 0.1) is 6.92 Å². The smallest absolute Gasteiger partial charge is 0.130 e. The number of anilines is 1. The minimum atomic E-state index is 0.722. The average molecular weight is 146 g/mol. The minimum absolute atomic E-state index is 0.722. The van der Waals surface area contributed by atoms with Crippen LogP contribution in [0.25, 0.3) is 0 Å². The summed E-state index contributed by atoms with van der Waals surface area (Å²) in [7, 11) is 0. The lowest BCUT2D eigenvalue weighted by Gasteiger charge is -2.02. The Morgan fingerprint density at radius 1 is 1.55 bits per heavy atom. The Kier molecular flexibility index (Phi) is 0.799. The molecule has 1 aromatic rings. The predicted octanol–water partition coefficient (Wildman–Crippen LogP) is 1.67. The van der Waals surface area contributed by atoms with Crippen LogP contribution in [0.4, 0.5) is 5.82 Å². The van der Waals surface area contributed by atoms with Crippen molar-refractivity contribution in [1.29, 1.82) is 0 Å². The number of pyridine rings is 1. The third kappa shape index (κ3) is 0.642. The van der Waals surface area contributed by atoms with Crippen LogP contribution in [0.15, 0.2) is 12.1 Å². The fourth-order valence-electron chi connectivity index (χ4n) is 1.86. The maximum Gasteiger partial charge on any atom is 0.130 e. The van der Waals surface area contributed by atoms with E-state index < -0.39 is 0 Å². The highest BCUT2D eigenvalue weighted by Crippen LogP contribution is 2.50. The van der Waals surface area contributed by atoms with Crippen LogP contribution in [-0.4, -0.2) is 11.0 Å². The Morgan fingerprint density at radius 2 is 2.45 bits per heavy atom. The monoisotopic (exact) mass is 146 g/mol. The van der Waals surface area contributed by atoms with Crippen molar-refractivity contribution in [3.63, 3.8) is 0 Å². The number of nitrogens with one attached hydrogen (secondary N) is 1. The van der Waals surface area contributed by atoms with Crippen LogP contribution < -0.4 is 5.32 Å². The molecule has 0 amide bonds. The molecule has 0 aromatic carbocycles. The fourth-order valence-corrected chi connectivity index (χ4v) is 1.86. The van der Waals surface area contributed by atoms with E-state index in [1.54, 1.807) is 0 Å². The predicted molar refractivity (Wildman–Crippen MR) is 43.7 cm³/mol. The quantitative estimate of drug-likeness (QED) is 0.602. The van der Waals surface area contributed by atoms with Crippen molar-refractivity contribution < 1.29 is 0 Å². The van der Waals surface area contributed by atoms with E-state index in [9.17, 15) is 0 Å². The molecule has 2 heterocycles. The first kappa shape index (κ1) is 5.58. The molecule has 0 radical (unpaired) electrons. The van der Waals surface area contributed by atoms with E-state index in [0.717, 1.165) is 23.5 Å². The normalized spacial score (nSPS) is 30.6. The largest absolute Gasteiger partial charge is 0.366 e. The molecular weight excluding hydrogens is 136 g/mol. The Bertz CT molecular complexity index is 319. The molecule has 0 saturated heterocycles. The second-order valence-corrected chi connectivity index (χ2v) is 3.48. The number of hydrogen-bond donors (Lipinski definition) is 1. The molecule has 2 atom stereocenters. The molecule has 1 fully saturated rings. The highest BCUT2D eigenvalue weighted by atomic mass is 15.1. The summed E-state index contributed by atoms with van der Waals surface area (Å²) in [5, 5.41) is 3.40. The van der Waals surface area contributed by atoms with Gasteiger partial charge < -0.3 is 5.32 Å². The van der Waals surface area contributed by atoms with Gasteiger partial charge in [-0.05, 0) is 25.0 Å². The number of hydrogen-bond acceptors (Lipinski definition) is 2. The van der Waals surface area contributed by atoms with Gasteiger partial charge in [-0.15, -0.1) is 0 Å². The summed E-state index contributed by atoms with van der Waals surface area (Å²) in [5.74, 6) is 1.92. The van der Waals surface area contributed by atoms with Crippen LogP contribution in [-0.2, 0) is 0 Å². The van der Waals surface area contributed by atoms with E-state index >= 15 is 0 Å². The number of fused-ring (bicyclic) bond motifs is 3. The zero-order valence-electron chi connectivity index (χ0n) is 6.46. The Balaban J connectivity index is 2.18. The average Bonchev–Trinajstić information content (AvgIpc) is 2.63. The van der Waals surface area contributed by atoms with E-state index in [1.807, 2.05) is 6.92 Å². The zero-order chi connectivity index (χ0) is 7.42. The lowest BCUT2D eigenvalue weighted by atomic mass is 10.2. The zero-order valence-corrected chi connectivity index (χ0v) is 6.46. The summed E-state index contributed by atoms with van der Waals surface area (Å²) in [5.41, 5.74) is 2.54. The molecule has 2 heteroatoms. The second kappa shape index (κ2) is 1.58. The van der Waals surface area contributed by atoms with Gasteiger partial charge in [-0.2, -0.15) is 0 Å². The summed E-state index contributed by atoms with van der Waals surface area (Å²) in [4.78, 5) is 4.42. The molecule has 3 rings (SSSR count). The second-order valence-electron chi connectivity index (χ2n) is 3.48. The van der Waals surface area contributed by atoms with E-state index in [0.29, 0.717) is 0 Å². The standard InChI is InChI=1S/C9H10N2/c1-5-2-3-6-7-4-8(7)11-9(6)10-5/h2-3,7-8H,4H2,1H3,(H,10,11). The Hall–Kier alpha value is -1.05. The highest BCUT2D eigenvalue weighted by molar-refractivity contribution is 5.59. The Labute approximate surface area is 65.6 Å². The van der Waals surface area contributed by atoms with E-state index in [4.69, 9.17) is 0 Å². The molecule has 56 valence electrons. The third-order valence-electron chi connectivity index (χ3n) is 2.58. The van der Waals surface area contributed by atoms with Gasteiger partial charge in [0.1, 0.15) is 5.82 Å². The number of rotatable bonds is 0. The van der Waals surface area contributed by atoms with Crippen molar-refractivity contribution in [2.45, 2.75) is 25.3 Å². The lowest BCUT2D eigenvalue weighted by Crippen LogP contribution is -1.99. The molecule has 1 N–H and O–H groups in total. The summed E-state index contributed by atoms with van der Waals surface area (Å²) < 4.78 is 0. The van der Waals surface area contributed by atoms with Gasteiger partial charge in [-0.3, -0.25) is 0 Å². The summed E-state index contributed by atoms with van der Waals surface area (Å²) in [6, 6.07) is 5.03. The summed E-state index contributed by atoms with van der Waals surface area (Å²) >= 11 is 0. The van der Waals surface area contributed by atoms with Gasteiger partial charge in [-0.25, -0.2) is 4.98 Å². The van der Waals surface area contributed by atoms with Gasteiger partial charge in [0.2, 0.25) is 0 Å². The third-order valence-corrected chi connectivity index (χ3v) is 2.58. The first-order valence-corrected chi connectivity index (χ1v) is 4.09. The van der Waals surface area contributed by atoms with E-state index in [-0.39, 0.29) is 0 Å². The van der Waals surface area contributed by atoms with Crippen LogP contribution >= 0.6 is 0 Å². The molecule has 1 aromatic heterocycles. The van der Waals surface area contributed by atoms with Crippen LogP contribution in [0.5, 0.6) is 0 Å². The molecule has 11 heavy (non-hydrogen) atoms. The first-order chi connectivity index (χ1) is 5.34. The number of aromatic nitrogens is 1. The Morgan fingerprint density at radius 3 is 3.36 bits per heavy atom. The van der Waals surface area contributed by atoms with Gasteiger partial charge >= 0.3 is 0 Å². The molecular formula is C9H10N2. The van der Waals surface area contributed by atoms with Crippen molar-refractivity contribution >= 4 is 5.82 Å². The van der Waals surface area contributed by atoms with Crippen molar-refractivity contribution in [1.82, 2.24) is 4.98 Å². The highest BCUT2D eigenvalue weighted by Gasteiger charge is 2.45. The molecule has 2 unspecified atom stereocenters. The maximum atomic E-state index is 4.42. The van der Waals surface area contributed by atoms with Gasteiger partial charge in [0.05, 0.1) is 0 Å². The minimum Gasteiger partial charge on any atom is -0.366 e. The maximum absolute atomic E-state index is 4.42. The first-order valence-electron chi connectivity index (χ1n) is 4.09. The van der Waals surface area contributed by atoms with Gasteiger partial charge in [-0.1, -0.05) is 6.07 Å². The molecule has 2 aliphatic rings. The van der Waals surface area contributed by atoms with Gasteiger partial charge in [0, 0.05) is 17.7 Å². The summed E-state index contributed by atoms with van der Waals surface area (Å²) in [6.45, 7) is 2.03. The molecule has 1 aliphatic heterocycles. The van der Waals surface area contributed by atoms with Crippen molar-refractivity contribution in [3.05, 3.63) is 23.4 Å². The molecule has 1 aliphatic carbocycles. The van der Waals surface area contributed by atoms with Gasteiger partial charge in [0.15, 0.2) is 0 Å². The summed E-state index contributed by atoms with van der Waals surface area (Å²) in [6.07, 6.45) is 1.32. The van der Waals surface area contributed by atoms with Gasteiger partial charge in [0.25, 0.3) is 0 Å². The molecule has 2 nitrogen and oxygen atoms in total. The fraction of sp³-hybridized carbons (Fsp3) is 0.444. The number of aryl methyl sites for hydroxylation is 1. The van der Waals surface area contributed by atoms with Crippen molar-refractivity contribution in [2.24, 2.45) is 0 Å². The molecule has 0 spiro atoms. The lowest BCUT2D eigenvalue weighted by molar-refractivity contribution is 1.12. The van der Waals surface area contributed by atoms with Crippen LogP contribution in [0.3, 0.4) is 0 Å². The molecule has 0 bridgehead atoms. The number of nitrogens with zero attached hydrogens (tertiary/aromatic N) is 1.